The van der Waals surface area contributed by atoms with Crippen molar-refractivity contribution in [3.05, 3.63) is 54.1 Å². The van der Waals surface area contributed by atoms with Gasteiger partial charge in [-0.3, -0.25) is 9.59 Å². The summed E-state index contributed by atoms with van der Waals surface area (Å²) in [6.07, 6.45) is 0.234. The van der Waals surface area contributed by atoms with Crippen LogP contribution in [0, 0.1) is 12.8 Å². The Kier molecular flexibility index (Phi) is 5.26. The predicted molar refractivity (Wildman–Crippen MR) is 103 cm³/mol. The topological polar surface area (TPSA) is 49.9 Å². The van der Waals surface area contributed by atoms with Gasteiger partial charge in [-0.05, 0) is 43.7 Å². The van der Waals surface area contributed by atoms with Crippen LogP contribution in [0.4, 0.5) is 11.4 Å². The minimum Gasteiger partial charge on any atom is -0.497 e. The summed E-state index contributed by atoms with van der Waals surface area (Å²) in [6, 6.07) is 15.3. The molecule has 0 bridgehead atoms. The number of hydrogen-bond acceptors (Lipinski definition) is 3. The maximum absolute atomic E-state index is 13.1. The van der Waals surface area contributed by atoms with E-state index in [0.717, 1.165) is 16.9 Å². The Morgan fingerprint density at radius 1 is 1.23 bits per heavy atom. The number of anilines is 2. The summed E-state index contributed by atoms with van der Waals surface area (Å²) in [4.78, 5) is 29.0. The summed E-state index contributed by atoms with van der Waals surface area (Å²) < 4.78 is 5.24. The van der Waals surface area contributed by atoms with Crippen molar-refractivity contribution in [1.82, 2.24) is 0 Å². The average molecular weight is 352 g/mol. The Hall–Kier alpha value is -2.82. The molecule has 0 radical (unpaired) electrons. The quantitative estimate of drug-likeness (QED) is 0.829. The van der Waals surface area contributed by atoms with Gasteiger partial charge in [-0.15, -0.1) is 0 Å². The fraction of sp³-hybridized carbons (Fsp3) is 0.333. The summed E-state index contributed by atoms with van der Waals surface area (Å²) in [5.41, 5.74) is 2.75. The highest BCUT2D eigenvalue weighted by molar-refractivity contribution is 6.04. The van der Waals surface area contributed by atoms with Gasteiger partial charge in [0.2, 0.25) is 11.8 Å². The number of aryl methyl sites for hydroxylation is 1. The minimum atomic E-state index is -0.339. The van der Waals surface area contributed by atoms with Gasteiger partial charge in [-0.25, -0.2) is 0 Å². The van der Waals surface area contributed by atoms with Crippen molar-refractivity contribution < 1.29 is 14.3 Å². The van der Waals surface area contributed by atoms with E-state index in [-0.39, 0.29) is 24.2 Å². The summed E-state index contributed by atoms with van der Waals surface area (Å²) in [6.45, 7) is 4.93. The number of carbonyl (C=O) groups is 2. The summed E-state index contributed by atoms with van der Waals surface area (Å²) >= 11 is 0. The summed E-state index contributed by atoms with van der Waals surface area (Å²) in [7, 11) is 1.60. The van der Waals surface area contributed by atoms with Crippen molar-refractivity contribution in [3.8, 4) is 5.75 Å². The molecule has 2 aromatic rings. The lowest BCUT2D eigenvalue weighted by Gasteiger charge is -2.25. The van der Waals surface area contributed by atoms with Crippen LogP contribution in [0.1, 0.15) is 18.9 Å². The largest absolute Gasteiger partial charge is 0.497 e. The molecule has 1 aliphatic heterocycles. The van der Waals surface area contributed by atoms with Crippen molar-refractivity contribution in [1.29, 1.82) is 0 Å². The van der Waals surface area contributed by atoms with E-state index in [2.05, 4.69) is 0 Å². The van der Waals surface area contributed by atoms with Gasteiger partial charge in [0.1, 0.15) is 5.75 Å². The second-order valence-corrected chi connectivity index (χ2v) is 6.53. The number of carbonyl (C=O) groups excluding carboxylic acids is 2. The molecule has 0 aliphatic carbocycles. The molecule has 1 atom stereocenters. The van der Waals surface area contributed by atoms with Crippen molar-refractivity contribution in [2.75, 3.05) is 30.0 Å². The highest BCUT2D eigenvalue weighted by Gasteiger charge is 2.37. The van der Waals surface area contributed by atoms with Gasteiger partial charge in [0.25, 0.3) is 0 Å². The Bertz CT molecular complexity index is 818. The smallest absolute Gasteiger partial charge is 0.232 e. The molecule has 1 fully saturated rings. The zero-order chi connectivity index (χ0) is 18.7. The number of amides is 2. The summed E-state index contributed by atoms with van der Waals surface area (Å²) in [5.74, 6) is 0.322. The highest BCUT2D eigenvalue weighted by Crippen LogP contribution is 2.30. The third-order valence-corrected chi connectivity index (χ3v) is 4.73. The lowest BCUT2D eigenvalue weighted by molar-refractivity contribution is -0.124. The lowest BCUT2D eigenvalue weighted by atomic mass is 10.1. The van der Waals surface area contributed by atoms with E-state index < -0.39 is 0 Å². The Morgan fingerprint density at radius 2 is 2.00 bits per heavy atom. The average Bonchev–Trinajstić information content (AvgIpc) is 3.04. The second kappa shape index (κ2) is 7.60. The van der Waals surface area contributed by atoms with Crippen molar-refractivity contribution in [2.45, 2.75) is 20.3 Å². The first-order valence-corrected chi connectivity index (χ1v) is 8.86. The van der Waals surface area contributed by atoms with Gasteiger partial charge in [0, 0.05) is 37.0 Å². The molecule has 5 heteroatoms. The number of rotatable bonds is 5. The molecule has 136 valence electrons. The molecule has 0 saturated carbocycles. The molecule has 0 spiro atoms. The minimum absolute atomic E-state index is 0.00292. The number of nitrogens with zero attached hydrogens (tertiary/aromatic N) is 2. The molecular weight excluding hydrogens is 328 g/mol. The molecule has 2 aromatic carbocycles. The first kappa shape index (κ1) is 18.0. The maximum atomic E-state index is 13.1. The Balaban J connectivity index is 1.79. The van der Waals surface area contributed by atoms with Crippen LogP contribution in [0.5, 0.6) is 5.75 Å². The lowest BCUT2D eigenvalue weighted by Crippen LogP contribution is -2.37. The number of hydrogen-bond donors (Lipinski definition) is 0. The van der Waals surface area contributed by atoms with E-state index in [9.17, 15) is 9.59 Å². The molecule has 1 heterocycles. The van der Waals surface area contributed by atoms with E-state index >= 15 is 0 Å². The SMILES string of the molecule is CCN(C(=O)[C@@H]1CC(=O)N(c2cccc(OC)c2)C1)c1cccc(C)c1. The van der Waals surface area contributed by atoms with Crippen LogP contribution in [-0.2, 0) is 9.59 Å². The van der Waals surface area contributed by atoms with E-state index in [0.29, 0.717) is 18.8 Å². The number of benzene rings is 2. The van der Waals surface area contributed by atoms with E-state index in [4.69, 9.17) is 4.74 Å². The van der Waals surface area contributed by atoms with Gasteiger partial charge in [0.05, 0.1) is 13.0 Å². The van der Waals surface area contributed by atoms with Crippen LogP contribution < -0.4 is 14.5 Å². The van der Waals surface area contributed by atoms with E-state index in [1.807, 2.05) is 62.4 Å². The Morgan fingerprint density at radius 3 is 2.69 bits per heavy atom. The van der Waals surface area contributed by atoms with Crippen molar-refractivity contribution in [3.63, 3.8) is 0 Å². The van der Waals surface area contributed by atoms with Gasteiger partial charge in [0.15, 0.2) is 0 Å². The third kappa shape index (κ3) is 3.57. The van der Waals surface area contributed by atoms with Crippen LogP contribution in [0.25, 0.3) is 0 Å². The van der Waals surface area contributed by atoms with Gasteiger partial charge < -0.3 is 14.5 Å². The molecule has 2 amide bonds. The van der Waals surface area contributed by atoms with Crippen LogP contribution in [0.2, 0.25) is 0 Å². The highest BCUT2D eigenvalue weighted by atomic mass is 16.5. The zero-order valence-corrected chi connectivity index (χ0v) is 15.4. The molecule has 26 heavy (non-hydrogen) atoms. The molecule has 1 saturated heterocycles. The van der Waals surface area contributed by atoms with Gasteiger partial charge in [-0.1, -0.05) is 18.2 Å². The molecule has 0 N–H and O–H groups in total. The van der Waals surface area contributed by atoms with Gasteiger partial charge >= 0.3 is 0 Å². The van der Waals surface area contributed by atoms with E-state index in [1.54, 1.807) is 16.9 Å². The predicted octanol–water partition coefficient (Wildman–Crippen LogP) is 3.41. The zero-order valence-electron chi connectivity index (χ0n) is 15.4. The van der Waals surface area contributed by atoms with E-state index in [1.165, 1.54) is 0 Å². The number of methoxy groups -OCH3 is 1. The van der Waals surface area contributed by atoms with Crippen LogP contribution >= 0.6 is 0 Å². The third-order valence-electron chi connectivity index (χ3n) is 4.73. The number of ether oxygens (including phenoxy) is 1. The van der Waals surface area contributed by atoms with Crippen LogP contribution in [0.3, 0.4) is 0 Å². The first-order valence-electron chi connectivity index (χ1n) is 8.86. The van der Waals surface area contributed by atoms with Crippen molar-refractivity contribution >= 4 is 23.2 Å². The normalized spacial score (nSPS) is 16.7. The van der Waals surface area contributed by atoms with Gasteiger partial charge in [-0.2, -0.15) is 0 Å². The molecular formula is C21H24N2O3. The molecule has 1 aliphatic rings. The first-order chi connectivity index (χ1) is 12.5. The van der Waals surface area contributed by atoms with Crippen LogP contribution in [-0.4, -0.2) is 32.0 Å². The summed E-state index contributed by atoms with van der Waals surface area (Å²) in [5, 5.41) is 0. The molecule has 0 unspecified atom stereocenters. The fourth-order valence-electron chi connectivity index (χ4n) is 3.38. The standard InChI is InChI=1S/C21H24N2O3/c1-4-22(17-8-5-7-15(2)11-17)21(25)16-12-20(24)23(14-16)18-9-6-10-19(13-18)26-3/h5-11,13,16H,4,12,14H2,1-3H3/t16-/m1/s1. The van der Waals surface area contributed by atoms with Crippen LogP contribution in [0.15, 0.2) is 48.5 Å². The molecule has 5 nitrogen and oxygen atoms in total. The van der Waals surface area contributed by atoms with Crippen molar-refractivity contribution in [2.24, 2.45) is 5.92 Å². The second-order valence-electron chi connectivity index (χ2n) is 6.53. The molecule has 3 rings (SSSR count). The molecule has 0 aromatic heterocycles. The maximum Gasteiger partial charge on any atom is 0.232 e. The monoisotopic (exact) mass is 352 g/mol. The Labute approximate surface area is 154 Å². The fourth-order valence-corrected chi connectivity index (χ4v) is 3.38.